The first-order chi connectivity index (χ1) is 9.56. The van der Waals surface area contributed by atoms with Crippen molar-refractivity contribution in [2.45, 2.75) is 26.2 Å². The van der Waals surface area contributed by atoms with E-state index < -0.39 is 0 Å². The van der Waals surface area contributed by atoms with Gasteiger partial charge in [0.2, 0.25) is 5.91 Å². The number of carbonyl (C=O) groups is 1. The summed E-state index contributed by atoms with van der Waals surface area (Å²) < 4.78 is 1.10. The first-order valence-corrected chi connectivity index (χ1v) is 8.05. The van der Waals surface area contributed by atoms with Crippen molar-refractivity contribution < 1.29 is 4.79 Å². The molecule has 1 heterocycles. The first kappa shape index (κ1) is 15.5. The van der Waals surface area contributed by atoms with E-state index in [-0.39, 0.29) is 5.91 Å². The van der Waals surface area contributed by atoms with E-state index in [1.54, 1.807) is 0 Å². The van der Waals surface area contributed by atoms with Gasteiger partial charge in [-0.05, 0) is 62.0 Å². The summed E-state index contributed by atoms with van der Waals surface area (Å²) in [5.74, 6) is 0.795. The summed E-state index contributed by atoms with van der Waals surface area (Å²) >= 11 is 3.50. The second kappa shape index (κ2) is 7.23. The molecule has 0 bridgehead atoms. The SMILES string of the molecule is Cc1ccc(Br)cc1CCN(C)C(=O)CC1CCNC1. The van der Waals surface area contributed by atoms with Gasteiger partial charge in [-0.3, -0.25) is 4.79 Å². The molecule has 1 fully saturated rings. The molecule has 0 aliphatic carbocycles. The van der Waals surface area contributed by atoms with Crippen molar-refractivity contribution in [1.29, 1.82) is 0 Å². The minimum absolute atomic E-state index is 0.270. The van der Waals surface area contributed by atoms with Crippen molar-refractivity contribution in [3.63, 3.8) is 0 Å². The molecule has 110 valence electrons. The highest BCUT2D eigenvalue weighted by atomic mass is 79.9. The van der Waals surface area contributed by atoms with Crippen LogP contribution in [0.3, 0.4) is 0 Å². The molecule has 1 aromatic rings. The molecule has 1 amide bonds. The lowest BCUT2D eigenvalue weighted by atomic mass is 10.0. The second-order valence-electron chi connectivity index (χ2n) is 5.70. The average Bonchev–Trinajstić information content (AvgIpc) is 2.92. The first-order valence-electron chi connectivity index (χ1n) is 7.26. The highest BCUT2D eigenvalue weighted by molar-refractivity contribution is 9.10. The van der Waals surface area contributed by atoms with E-state index in [0.717, 1.165) is 36.9 Å². The van der Waals surface area contributed by atoms with Crippen LogP contribution in [0.2, 0.25) is 0 Å². The van der Waals surface area contributed by atoms with Crippen LogP contribution in [-0.2, 0) is 11.2 Å². The Morgan fingerprint density at radius 3 is 3.00 bits per heavy atom. The highest BCUT2D eigenvalue weighted by Gasteiger charge is 2.20. The van der Waals surface area contributed by atoms with Crippen LogP contribution in [0.1, 0.15) is 24.0 Å². The van der Waals surface area contributed by atoms with Crippen LogP contribution in [0.5, 0.6) is 0 Å². The quantitative estimate of drug-likeness (QED) is 0.895. The summed E-state index contributed by atoms with van der Waals surface area (Å²) in [7, 11) is 1.91. The monoisotopic (exact) mass is 338 g/mol. The molecule has 2 rings (SSSR count). The molecule has 0 radical (unpaired) electrons. The number of likely N-dealkylation sites (N-methyl/N-ethyl adjacent to an activating group) is 1. The van der Waals surface area contributed by atoms with E-state index in [2.05, 4.69) is 46.4 Å². The van der Waals surface area contributed by atoms with Crippen molar-refractivity contribution >= 4 is 21.8 Å². The largest absolute Gasteiger partial charge is 0.345 e. The fourth-order valence-corrected chi connectivity index (χ4v) is 3.02. The topological polar surface area (TPSA) is 32.3 Å². The van der Waals surface area contributed by atoms with E-state index in [9.17, 15) is 4.79 Å². The van der Waals surface area contributed by atoms with Crippen LogP contribution in [0.25, 0.3) is 0 Å². The van der Waals surface area contributed by atoms with E-state index >= 15 is 0 Å². The number of rotatable bonds is 5. The zero-order valence-corrected chi connectivity index (χ0v) is 13.9. The van der Waals surface area contributed by atoms with Gasteiger partial charge in [-0.25, -0.2) is 0 Å². The number of halogens is 1. The Labute approximate surface area is 129 Å². The fourth-order valence-electron chi connectivity index (χ4n) is 2.61. The molecule has 0 spiro atoms. The van der Waals surface area contributed by atoms with Crippen molar-refractivity contribution in [3.8, 4) is 0 Å². The number of nitrogens with zero attached hydrogens (tertiary/aromatic N) is 1. The Morgan fingerprint density at radius 1 is 1.50 bits per heavy atom. The van der Waals surface area contributed by atoms with E-state index in [1.165, 1.54) is 11.1 Å². The zero-order chi connectivity index (χ0) is 14.5. The smallest absolute Gasteiger partial charge is 0.222 e. The summed E-state index contributed by atoms with van der Waals surface area (Å²) in [6.07, 6.45) is 2.72. The van der Waals surface area contributed by atoms with Gasteiger partial charge in [0.05, 0.1) is 0 Å². The molecule has 1 aromatic carbocycles. The molecular weight excluding hydrogens is 316 g/mol. The van der Waals surface area contributed by atoms with Crippen LogP contribution >= 0.6 is 15.9 Å². The van der Waals surface area contributed by atoms with Crippen LogP contribution in [0.4, 0.5) is 0 Å². The number of benzene rings is 1. The minimum atomic E-state index is 0.270. The summed E-state index contributed by atoms with van der Waals surface area (Å²) in [6, 6.07) is 6.32. The predicted molar refractivity (Wildman–Crippen MR) is 85.8 cm³/mol. The number of carbonyl (C=O) groups excluding carboxylic acids is 1. The molecule has 3 nitrogen and oxygen atoms in total. The fraction of sp³-hybridized carbons (Fsp3) is 0.562. The summed E-state index contributed by atoms with van der Waals surface area (Å²) in [5, 5.41) is 3.31. The lowest BCUT2D eigenvalue weighted by Gasteiger charge is -2.19. The predicted octanol–water partition coefficient (Wildman–Crippen LogP) is 2.76. The summed E-state index contributed by atoms with van der Waals surface area (Å²) in [5.41, 5.74) is 2.59. The molecule has 1 N–H and O–H groups in total. The molecule has 1 atom stereocenters. The maximum Gasteiger partial charge on any atom is 0.222 e. The molecule has 1 aliphatic heterocycles. The highest BCUT2D eigenvalue weighted by Crippen LogP contribution is 2.17. The Kier molecular flexibility index (Phi) is 5.61. The average molecular weight is 339 g/mol. The Bertz CT molecular complexity index is 470. The van der Waals surface area contributed by atoms with Gasteiger partial charge in [0.25, 0.3) is 0 Å². The van der Waals surface area contributed by atoms with E-state index in [0.29, 0.717) is 12.3 Å². The molecule has 1 unspecified atom stereocenters. The van der Waals surface area contributed by atoms with Gasteiger partial charge in [0, 0.05) is 24.5 Å². The molecule has 0 aromatic heterocycles. The number of nitrogens with one attached hydrogen (secondary N) is 1. The van der Waals surface area contributed by atoms with E-state index in [1.807, 2.05) is 11.9 Å². The van der Waals surface area contributed by atoms with Crippen LogP contribution < -0.4 is 5.32 Å². The Balaban J connectivity index is 1.83. The van der Waals surface area contributed by atoms with Gasteiger partial charge in [0.1, 0.15) is 0 Å². The van der Waals surface area contributed by atoms with Crippen molar-refractivity contribution in [2.24, 2.45) is 5.92 Å². The zero-order valence-electron chi connectivity index (χ0n) is 12.3. The Morgan fingerprint density at radius 2 is 2.30 bits per heavy atom. The lowest BCUT2D eigenvalue weighted by Crippen LogP contribution is -2.30. The Hall–Kier alpha value is -0.870. The number of hydrogen-bond donors (Lipinski definition) is 1. The second-order valence-corrected chi connectivity index (χ2v) is 6.61. The summed E-state index contributed by atoms with van der Waals surface area (Å²) in [6.45, 7) is 4.95. The third-order valence-electron chi connectivity index (χ3n) is 4.08. The van der Waals surface area contributed by atoms with Gasteiger partial charge in [-0.15, -0.1) is 0 Å². The van der Waals surface area contributed by atoms with E-state index in [4.69, 9.17) is 0 Å². The van der Waals surface area contributed by atoms with Gasteiger partial charge in [0.15, 0.2) is 0 Å². The molecule has 0 saturated carbocycles. The molecule has 4 heteroatoms. The molecular formula is C16H23BrN2O. The van der Waals surface area contributed by atoms with Crippen LogP contribution in [0.15, 0.2) is 22.7 Å². The van der Waals surface area contributed by atoms with Crippen LogP contribution in [-0.4, -0.2) is 37.5 Å². The normalized spacial score (nSPS) is 18.2. The maximum absolute atomic E-state index is 12.2. The van der Waals surface area contributed by atoms with Gasteiger partial charge >= 0.3 is 0 Å². The molecule has 1 saturated heterocycles. The number of aryl methyl sites for hydroxylation is 1. The van der Waals surface area contributed by atoms with Crippen LogP contribution in [0, 0.1) is 12.8 Å². The molecule has 20 heavy (non-hydrogen) atoms. The standard InChI is InChI=1S/C16H23BrN2O/c1-12-3-4-15(17)10-14(12)6-8-19(2)16(20)9-13-5-7-18-11-13/h3-4,10,13,18H,5-9,11H2,1-2H3. The maximum atomic E-state index is 12.2. The third-order valence-corrected chi connectivity index (χ3v) is 4.57. The van der Waals surface area contributed by atoms with Gasteiger partial charge in [-0.2, -0.15) is 0 Å². The molecule has 1 aliphatic rings. The van der Waals surface area contributed by atoms with Gasteiger partial charge < -0.3 is 10.2 Å². The number of amides is 1. The van der Waals surface area contributed by atoms with Crippen molar-refractivity contribution in [3.05, 3.63) is 33.8 Å². The minimum Gasteiger partial charge on any atom is -0.345 e. The lowest BCUT2D eigenvalue weighted by molar-refractivity contribution is -0.130. The van der Waals surface area contributed by atoms with Crippen molar-refractivity contribution in [1.82, 2.24) is 10.2 Å². The van der Waals surface area contributed by atoms with Crippen molar-refractivity contribution in [2.75, 3.05) is 26.7 Å². The third kappa shape index (κ3) is 4.32. The number of hydrogen-bond acceptors (Lipinski definition) is 2. The summed E-state index contributed by atoms with van der Waals surface area (Å²) in [4.78, 5) is 14.0. The van der Waals surface area contributed by atoms with Gasteiger partial charge in [-0.1, -0.05) is 22.0 Å².